The maximum absolute atomic E-state index is 8.20. The summed E-state index contributed by atoms with van der Waals surface area (Å²) in [6.45, 7) is 5.26. The lowest BCUT2D eigenvalue weighted by Gasteiger charge is -2.03. The average Bonchev–Trinajstić information content (AvgIpc) is 2.11. The van der Waals surface area contributed by atoms with Gasteiger partial charge in [0.1, 0.15) is 0 Å². The van der Waals surface area contributed by atoms with E-state index in [0.29, 0.717) is 0 Å². The Hall–Kier alpha value is -0.860. The number of benzene rings is 1. The number of aliphatic hydroxyl groups excluding tert-OH is 1. The number of hydrogen-bond acceptors (Lipinski definition) is 2. The maximum atomic E-state index is 8.20. The van der Waals surface area contributed by atoms with Crippen LogP contribution < -0.4 is 0 Å². The van der Waals surface area contributed by atoms with Gasteiger partial charge in [0.05, 0.1) is 6.61 Å². The molecule has 1 rings (SSSR count). The minimum atomic E-state index is 0.257. The highest BCUT2D eigenvalue weighted by Crippen LogP contribution is 2.02. The molecule has 80 valence electrons. The molecular weight excluding hydrogens is 174 g/mol. The van der Waals surface area contributed by atoms with Crippen molar-refractivity contribution in [2.75, 3.05) is 27.2 Å². The van der Waals surface area contributed by atoms with E-state index in [1.54, 1.807) is 0 Å². The van der Waals surface area contributed by atoms with Crippen molar-refractivity contribution in [2.45, 2.75) is 13.8 Å². The Kier molecular flexibility index (Phi) is 7.07. The van der Waals surface area contributed by atoms with Crippen LogP contribution in [-0.2, 0) is 0 Å². The van der Waals surface area contributed by atoms with E-state index in [1.807, 2.05) is 19.0 Å². The zero-order valence-corrected chi connectivity index (χ0v) is 9.62. The van der Waals surface area contributed by atoms with Gasteiger partial charge in [-0.1, -0.05) is 24.3 Å². The highest BCUT2D eigenvalue weighted by molar-refractivity contribution is 5.23. The van der Waals surface area contributed by atoms with Crippen LogP contribution in [-0.4, -0.2) is 37.3 Å². The Morgan fingerprint density at radius 1 is 1.07 bits per heavy atom. The quantitative estimate of drug-likeness (QED) is 0.778. The van der Waals surface area contributed by atoms with Gasteiger partial charge in [-0.15, -0.1) is 0 Å². The predicted molar refractivity (Wildman–Crippen MR) is 61.6 cm³/mol. The fourth-order valence-electron chi connectivity index (χ4n) is 0.863. The molecule has 0 bridgehead atoms. The van der Waals surface area contributed by atoms with Gasteiger partial charge in [0.25, 0.3) is 0 Å². The number of likely N-dealkylation sites (N-methyl/N-ethyl adjacent to an activating group) is 1. The van der Waals surface area contributed by atoms with E-state index < -0.39 is 0 Å². The third-order valence-corrected chi connectivity index (χ3v) is 1.97. The molecule has 14 heavy (non-hydrogen) atoms. The van der Waals surface area contributed by atoms with E-state index in [2.05, 4.69) is 38.1 Å². The smallest absolute Gasteiger partial charge is 0.0558 e. The zero-order chi connectivity index (χ0) is 11.0. The number of nitrogens with zero attached hydrogens (tertiary/aromatic N) is 1. The first-order chi connectivity index (χ1) is 6.57. The van der Waals surface area contributed by atoms with Gasteiger partial charge in [-0.2, -0.15) is 0 Å². The third kappa shape index (κ3) is 6.63. The van der Waals surface area contributed by atoms with E-state index in [4.69, 9.17) is 5.11 Å². The van der Waals surface area contributed by atoms with Crippen LogP contribution in [0.25, 0.3) is 0 Å². The average molecular weight is 195 g/mol. The summed E-state index contributed by atoms with van der Waals surface area (Å²) in [4.78, 5) is 1.93. The van der Waals surface area contributed by atoms with E-state index in [-0.39, 0.29) is 6.61 Å². The molecule has 0 saturated heterocycles. The molecule has 0 amide bonds. The maximum Gasteiger partial charge on any atom is 0.0558 e. The van der Waals surface area contributed by atoms with Crippen molar-refractivity contribution in [3.8, 4) is 0 Å². The highest BCUT2D eigenvalue weighted by atomic mass is 16.3. The second kappa shape index (κ2) is 7.54. The van der Waals surface area contributed by atoms with E-state index in [9.17, 15) is 0 Å². The Bertz CT molecular complexity index is 225. The Morgan fingerprint density at radius 2 is 1.50 bits per heavy atom. The van der Waals surface area contributed by atoms with Crippen molar-refractivity contribution >= 4 is 0 Å². The summed E-state index contributed by atoms with van der Waals surface area (Å²) in [5.74, 6) is 0. The molecule has 0 radical (unpaired) electrons. The van der Waals surface area contributed by atoms with Crippen LogP contribution in [0.1, 0.15) is 11.1 Å². The molecule has 0 aliphatic rings. The summed E-state index contributed by atoms with van der Waals surface area (Å²) in [5.41, 5.74) is 2.74. The molecule has 0 heterocycles. The lowest BCUT2D eigenvalue weighted by Crippen LogP contribution is -2.15. The van der Waals surface area contributed by atoms with Crippen molar-refractivity contribution < 1.29 is 5.11 Å². The van der Waals surface area contributed by atoms with Gasteiger partial charge in [0.2, 0.25) is 0 Å². The molecular formula is C12H21NO. The topological polar surface area (TPSA) is 23.5 Å². The van der Waals surface area contributed by atoms with Gasteiger partial charge in [-0.25, -0.2) is 0 Å². The molecule has 0 spiro atoms. The van der Waals surface area contributed by atoms with Crippen LogP contribution in [0.4, 0.5) is 0 Å². The minimum Gasteiger partial charge on any atom is -0.395 e. The van der Waals surface area contributed by atoms with E-state index in [0.717, 1.165) is 6.54 Å². The van der Waals surface area contributed by atoms with Gasteiger partial charge in [-0.3, -0.25) is 0 Å². The van der Waals surface area contributed by atoms with Crippen molar-refractivity contribution in [1.29, 1.82) is 0 Å². The highest BCUT2D eigenvalue weighted by Gasteiger charge is 1.83. The van der Waals surface area contributed by atoms with Crippen LogP contribution in [0.2, 0.25) is 0 Å². The molecule has 2 nitrogen and oxygen atoms in total. The van der Waals surface area contributed by atoms with Crippen molar-refractivity contribution in [1.82, 2.24) is 4.90 Å². The fraction of sp³-hybridized carbons (Fsp3) is 0.500. The largest absolute Gasteiger partial charge is 0.395 e. The second-order valence-corrected chi connectivity index (χ2v) is 3.61. The second-order valence-electron chi connectivity index (χ2n) is 3.61. The molecule has 0 saturated carbocycles. The first-order valence-corrected chi connectivity index (χ1v) is 4.85. The van der Waals surface area contributed by atoms with Gasteiger partial charge in [0.15, 0.2) is 0 Å². The Morgan fingerprint density at radius 3 is 1.64 bits per heavy atom. The molecule has 0 atom stereocenters. The van der Waals surface area contributed by atoms with Crippen molar-refractivity contribution in [3.63, 3.8) is 0 Å². The van der Waals surface area contributed by atoms with Crippen LogP contribution in [0.3, 0.4) is 0 Å². The molecule has 1 N–H and O–H groups in total. The number of rotatable bonds is 2. The monoisotopic (exact) mass is 195 g/mol. The summed E-state index contributed by atoms with van der Waals surface area (Å²) in [6, 6.07) is 8.36. The predicted octanol–water partition coefficient (Wildman–Crippen LogP) is 1.84. The molecule has 1 aromatic rings. The number of hydrogen-bond donors (Lipinski definition) is 1. The standard InChI is InChI=1S/C8H10.C4H11NO/c1-7-5-3-4-6-8(7)2;1-5(2)3-4-6/h3-6H,1-2H3;6H,3-4H2,1-2H3. The molecule has 0 aliphatic heterocycles. The van der Waals surface area contributed by atoms with E-state index in [1.165, 1.54) is 11.1 Å². The molecule has 1 aromatic carbocycles. The lowest BCUT2D eigenvalue weighted by atomic mass is 10.1. The molecule has 0 aromatic heterocycles. The number of aryl methyl sites for hydroxylation is 2. The van der Waals surface area contributed by atoms with Crippen LogP contribution in [0, 0.1) is 13.8 Å². The Balaban J connectivity index is 0.000000255. The molecule has 0 fully saturated rings. The first-order valence-electron chi connectivity index (χ1n) is 4.85. The van der Waals surface area contributed by atoms with Gasteiger partial charge < -0.3 is 10.0 Å². The summed E-state index contributed by atoms with van der Waals surface area (Å²) < 4.78 is 0. The SMILES string of the molecule is CN(C)CCO.Cc1ccccc1C. The summed E-state index contributed by atoms with van der Waals surface area (Å²) in [7, 11) is 3.85. The van der Waals surface area contributed by atoms with Crippen LogP contribution in [0.5, 0.6) is 0 Å². The van der Waals surface area contributed by atoms with Crippen LogP contribution >= 0.6 is 0 Å². The van der Waals surface area contributed by atoms with Gasteiger partial charge in [0, 0.05) is 6.54 Å². The molecule has 0 unspecified atom stereocenters. The van der Waals surface area contributed by atoms with Gasteiger partial charge >= 0.3 is 0 Å². The normalized spacial score (nSPS) is 9.57. The van der Waals surface area contributed by atoms with Crippen LogP contribution in [0.15, 0.2) is 24.3 Å². The molecule has 0 aliphatic carbocycles. The molecule has 2 heteroatoms. The summed E-state index contributed by atoms with van der Waals surface area (Å²) >= 11 is 0. The fourth-order valence-corrected chi connectivity index (χ4v) is 0.863. The van der Waals surface area contributed by atoms with Crippen molar-refractivity contribution in [2.24, 2.45) is 0 Å². The summed E-state index contributed by atoms with van der Waals surface area (Å²) in [5, 5.41) is 8.20. The first kappa shape index (κ1) is 13.1. The minimum absolute atomic E-state index is 0.257. The zero-order valence-electron chi connectivity index (χ0n) is 9.62. The lowest BCUT2D eigenvalue weighted by molar-refractivity contribution is 0.243. The van der Waals surface area contributed by atoms with E-state index >= 15 is 0 Å². The third-order valence-electron chi connectivity index (χ3n) is 1.97. The Labute approximate surface area is 87.2 Å². The van der Waals surface area contributed by atoms with Gasteiger partial charge in [-0.05, 0) is 39.1 Å². The number of aliphatic hydroxyl groups is 1. The van der Waals surface area contributed by atoms with Crippen molar-refractivity contribution in [3.05, 3.63) is 35.4 Å². The summed E-state index contributed by atoms with van der Waals surface area (Å²) in [6.07, 6.45) is 0.